The summed E-state index contributed by atoms with van der Waals surface area (Å²) < 4.78 is 49.8. The zero-order valence-corrected chi connectivity index (χ0v) is 23.6. The average molecular weight is 579 g/mol. The molecule has 7 nitrogen and oxygen atoms in total. The number of ether oxygens (including phenoxy) is 2. The monoisotopic (exact) mass is 578 g/mol. The van der Waals surface area contributed by atoms with Gasteiger partial charge in [0, 0.05) is 31.7 Å². The van der Waals surface area contributed by atoms with Gasteiger partial charge in [0.1, 0.15) is 29.7 Å². The number of nitrogens with one attached hydrogen (secondary N) is 1. The molecule has 0 amide bonds. The summed E-state index contributed by atoms with van der Waals surface area (Å²) in [6, 6.07) is 12.5. The molecule has 0 saturated carbocycles. The van der Waals surface area contributed by atoms with E-state index in [9.17, 15) is 13.2 Å². The first-order valence-corrected chi connectivity index (χ1v) is 14.0. The summed E-state index contributed by atoms with van der Waals surface area (Å²) in [5.74, 6) is 1.34. The van der Waals surface area contributed by atoms with Crippen LogP contribution in [0.2, 0.25) is 0 Å². The van der Waals surface area contributed by atoms with E-state index < -0.39 is 11.7 Å². The first kappa shape index (κ1) is 30.2. The molecule has 2 saturated heterocycles. The molecule has 218 valence electrons. The Labute approximate surface area is 239 Å². The van der Waals surface area contributed by atoms with Crippen LogP contribution in [0.15, 0.2) is 53.7 Å². The summed E-state index contributed by atoms with van der Waals surface area (Å²) in [4.78, 5) is 10.9. The smallest absolute Gasteiger partial charge is 0.416 e. The van der Waals surface area contributed by atoms with Gasteiger partial charge < -0.3 is 24.5 Å². The number of benzene rings is 2. The maximum atomic E-state index is 12.8. The number of morpholine rings is 1. The van der Waals surface area contributed by atoms with Crippen molar-refractivity contribution in [2.45, 2.75) is 25.6 Å². The Morgan fingerprint density at radius 1 is 1.02 bits per heavy atom. The second kappa shape index (κ2) is 14.8. The summed E-state index contributed by atoms with van der Waals surface area (Å²) in [5.41, 5.74) is 1.50. The van der Waals surface area contributed by atoms with Crippen LogP contribution >= 0.6 is 12.2 Å². The van der Waals surface area contributed by atoms with Gasteiger partial charge in [0.2, 0.25) is 0 Å². The zero-order chi connectivity index (χ0) is 28.4. The summed E-state index contributed by atoms with van der Waals surface area (Å²) in [7, 11) is 2.15. The van der Waals surface area contributed by atoms with Crippen LogP contribution in [-0.2, 0) is 22.4 Å². The Bertz CT molecular complexity index is 1100. The third-order valence-corrected chi connectivity index (χ3v) is 7.41. The number of hydrogen-bond acceptors (Lipinski definition) is 7. The fourth-order valence-electron chi connectivity index (χ4n) is 4.59. The van der Waals surface area contributed by atoms with Gasteiger partial charge in [-0.3, -0.25) is 4.90 Å². The van der Waals surface area contributed by atoms with E-state index in [-0.39, 0.29) is 6.61 Å². The molecule has 0 aromatic heterocycles. The lowest BCUT2D eigenvalue weighted by atomic mass is 9.97. The first-order valence-electron chi connectivity index (χ1n) is 13.6. The molecule has 1 N–H and O–H groups in total. The van der Waals surface area contributed by atoms with Crippen LogP contribution in [0.25, 0.3) is 0 Å². The number of rotatable bonds is 11. The number of piperidine rings is 1. The van der Waals surface area contributed by atoms with E-state index in [1.54, 1.807) is 0 Å². The number of thiocarbonyl (C=S) groups is 1. The molecule has 2 aliphatic rings. The highest BCUT2D eigenvalue weighted by Gasteiger charge is 2.30. The molecule has 0 radical (unpaired) electrons. The van der Waals surface area contributed by atoms with E-state index in [0.29, 0.717) is 48.6 Å². The van der Waals surface area contributed by atoms with Crippen molar-refractivity contribution in [1.29, 1.82) is 0 Å². The molecule has 2 aliphatic heterocycles. The third kappa shape index (κ3) is 9.72. The van der Waals surface area contributed by atoms with Crippen LogP contribution in [0.1, 0.15) is 29.5 Å². The van der Waals surface area contributed by atoms with Crippen LogP contribution in [0.3, 0.4) is 0 Å². The molecule has 2 heterocycles. The Kier molecular flexibility index (Phi) is 11.2. The number of nitrogens with zero attached hydrogens (tertiary/aromatic N) is 3. The van der Waals surface area contributed by atoms with Crippen molar-refractivity contribution in [2.24, 2.45) is 11.1 Å². The van der Waals surface area contributed by atoms with Gasteiger partial charge in [0.05, 0.1) is 18.8 Å². The van der Waals surface area contributed by atoms with Gasteiger partial charge in [0.15, 0.2) is 0 Å². The molecule has 40 heavy (non-hydrogen) atoms. The topological polar surface area (TPSA) is 58.6 Å². The highest BCUT2D eigenvalue weighted by Crippen LogP contribution is 2.29. The highest BCUT2D eigenvalue weighted by molar-refractivity contribution is 7.80. The summed E-state index contributed by atoms with van der Waals surface area (Å²) >= 11 is 5.46. The predicted molar refractivity (Wildman–Crippen MR) is 153 cm³/mol. The normalized spacial score (nSPS) is 17.9. The molecule has 2 fully saturated rings. The number of oxime groups is 1. The second-order valence-electron chi connectivity index (χ2n) is 10.3. The van der Waals surface area contributed by atoms with Crippen LogP contribution in [0.5, 0.6) is 5.75 Å². The van der Waals surface area contributed by atoms with Crippen molar-refractivity contribution in [3.63, 3.8) is 0 Å². The Morgan fingerprint density at radius 2 is 1.70 bits per heavy atom. The van der Waals surface area contributed by atoms with Crippen molar-refractivity contribution < 1.29 is 27.5 Å². The Morgan fingerprint density at radius 3 is 2.35 bits per heavy atom. The molecule has 0 bridgehead atoms. The number of hydrogen-bond donors (Lipinski definition) is 1. The lowest BCUT2D eigenvalue weighted by molar-refractivity contribution is -0.137. The van der Waals surface area contributed by atoms with Crippen molar-refractivity contribution in [1.82, 2.24) is 15.1 Å². The summed E-state index contributed by atoms with van der Waals surface area (Å²) in [6.07, 6.45) is -2.01. The molecular weight excluding hydrogens is 541 g/mol. The van der Waals surface area contributed by atoms with Crippen molar-refractivity contribution in [3.05, 3.63) is 65.2 Å². The minimum Gasteiger partial charge on any atom is -0.486 e. The van der Waals surface area contributed by atoms with Crippen molar-refractivity contribution in [3.8, 4) is 5.75 Å². The fourth-order valence-corrected chi connectivity index (χ4v) is 4.73. The Hall–Kier alpha value is -2.73. The van der Waals surface area contributed by atoms with Gasteiger partial charge >= 0.3 is 6.18 Å². The minimum atomic E-state index is -4.37. The number of likely N-dealkylation sites (tertiary alicyclic amines) is 1. The van der Waals surface area contributed by atoms with Gasteiger partial charge in [-0.1, -0.05) is 29.5 Å². The summed E-state index contributed by atoms with van der Waals surface area (Å²) in [5, 5.41) is 7.71. The molecule has 0 aliphatic carbocycles. The van der Waals surface area contributed by atoms with Gasteiger partial charge in [-0.05, 0) is 80.9 Å². The standard InChI is InChI=1S/C29H37F3N4O3S/c1-35-12-10-22(11-13-35)18-33-28(40)21-38-26-8-4-24(5-9-26)27(19-36-14-16-37-17-15-36)34-39-20-23-2-6-25(7-3-23)29(30,31)32/h2-9,22H,10-21H2,1H3,(H,33,40)/b34-27+. The SMILES string of the molecule is CN1CCC(CNC(=S)COc2ccc(/C(CN3CCOCC3)=N/OCc3ccc(C(F)(F)F)cc3)cc2)CC1. The lowest BCUT2D eigenvalue weighted by Crippen LogP contribution is -2.39. The number of halogens is 3. The van der Waals surface area contributed by atoms with Crippen molar-refractivity contribution >= 4 is 22.9 Å². The maximum absolute atomic E-state index is 12.8. The molecule has 0 unspecified atom stereocenters. The van der Waals surface area contributed by atoms with Gasteiger partial charge in [-0.25, -0.2) is 0 Å². The molecule has 0 spiro atoms. The zero-order valence-electron chi connectivity index (χ0n) is 22.8. The third-order valence-electron chi connectivity index (χ3n) is 7.15. The molecule has 2 aromatic carbocycles. The Balaban J connectivity index is 1.31. The van der Waals surface area contributed by atoms with E-state index in [4.69, 9.17) is 26.5 Å². The first-order chi connectivity index (χ1) is 19.3. The molecule has 4 rings (SSSR count). The average Bonchev–Trinajstić information content (AvgIpc) is 2.96. The minimum absolute atomic E-state index is 0.0634. The largest absolute Gasteiger partial charge is 0.486 e. The van der Waals surface area contributed by atoms with E-state index >= 15 is 0 Å². The second-order valence-corrected chi connectivity index (χ2v) is 10.8. The molecule has 11 heteroatoms. The van der Waals surface area contributed by atoms with Crippen molar-refractivity contribution in [2.75, 3.05) is 66.1 Å². The van der Waals surface area contributed by atoms with Gasteiger partial charge in [0.25, 0.3) is 0 Å². The van der Waals surface area contributed by atoms with Crippen LogP contribution < -0.4 is 10.1 Å². The highest BCUT2D eigenvalue weighted by atomic mass is 32.1. The lowest BCUT2D eigenvalue weighted by Gasteiger charge is -2.29. The van der Waals surface area contributed by atoms with Gasteiger partial charge in [-0.15, -0.1) is 0 Å². The van der Waals surface area contributed by atoms with Gasteiger partial charge in [-0.2, -0.15) is 13.2 Å². The molecule has 0 atom stereocenters. The molecular formula is C29H37F3N4O3S. The van der Waals surface area contributed by atoms with E-state index in [0.717, 1.165) is 56.1 Å². The quantitative estimate of drug-likeness (QED) is 0.238. The van der Waals surface area contributed by atoms with Crippen LogP contribution in [-0.4, -0.2) is 86.6 Å². The fraction of sp³-hybridized carbons (Fsp3) is 0.517. The van der Waals surface area contributed by atoms with E-state index in [1.165, 1.54) is 25.0 Å². The summed E-state index contributed by atoms with van der Waals surface area (Å²) in [6.45, 7) is 6.92. The molecule has 2 aromatic rings. The maximum Gasteiger partial charge on any atom is 0.416 e. The van der Waals surface area contributed by atoms with E-state index in [1.807, 2.05) is 24.3 Å². The van der Waals surface area contributed by atoms with Crippen LogP contribution in [0.4, 0.5) is 13.2 Å². The van der Waals surface area contributed by atoms with E-state index in [2.05, 4.69) is 27.3 Å². The van der Waals surface area contributed by atoms with Crippen LogP contribution in [0, 0.1) is 5.92 Å². The number of alkyl halides is 3. The predicted octanol–water partition coefficient (Wildman–Crippen LogP) is 4.60.